The van der Waals surface area contributed by atoms with Crippen molar-refractivity contribution in [2.45, 2.75) is 46.6 Å². The van der Waals surface area contributed by atoms with Gasteiger partial charge in [-0.25, -0.2) is 0 Å². The summed E-state index contributed by atoms with van der Waals surface area (Å²) in [5.74, 6) is 0.639. The van der Waals surface area contributed by atoms with Crippen molar-refractivity contribution >= 4 is 8.81 Å². The number of hydrogen-bond donors (Lipinski definition) is 0. The topological polar surface area (TPSA) is 18.5 Å². The van der Waals surface area contributed by atoms with E-state index in [9.17, 15) is 0 Å². The second kappa shape index (κ2) is 9.33. The maximum atomic E-state index is 5.68. The van der Waals surface area contributed by atoms with Crippen molar-refractivity contribution in [3.8, 4) is 0 Å². The number of rotatable bonds is 5. The summed E-state index contributed by atoms with van der Waals surface area (Å²) in [4.78, 5) is 0. The van der Waals surface area contributed by atoms with Crippen LogP contribution in [0.15, 0.2) is 12.2 Å². The van der Waals surface area contributed by atoms with Gasteiger partial charge in [0.25, 0.3) is 0 Å². The molecule has 0 heterocycles. The van der Waals surface area contributed by atoms with E-state index in [1.807, 2.05) is 20.8 Å². The molecule has 0 aromatic carbocycles. The fourth-order valence-electron chi connectivity index (χ4n) is 1.56. The molecule has 1 fully saturated rings. The van der Waals surface area contributed by atoms with Crippen LogP contribution in [0.3, 0.4) is 0 Å². The van der Waals surface area contributed by atoms with Gasteiger partial charge in [-0.15, -0.1) is 0 Å². The Bertz CT molecular complexity index is 171. The molecule has 0 amide bonds. The molecular formula is C12H25O2P. The van der Waals surface area contributed by atoms with Crippen LogP contribution in [0, 0.1) is 5.92 Å². The zero-order valence-electron chi connectivity index (χ0n) is 10.5. The Morgan fingerprint density at radius 3 is 2.53 bits per heavy atom. The van der Waals surface area contributed by atoms with Gasteiger partial charge in [-0.1, -0.05) is 27.4 Å². The molecule has 0 saturated heterocycles. The van der Waals surface area contributed by atoms with Crippen molar-refractivity contribution in [1.82, 2.24) is 0 Å². The molecule has 0 N–H and O–H groups in total. The third kappa shape index (κ3) is 5.65. The Morgan fingerprint density at radius 1 is 1.40 bits per heavy atom. The molecule has 90 valence electrons. The van der Waals surface area contributed by atoms with Crippen molar-refractivity contribution in [2.24, 2.45) is 5.92 Å². The van der Waals surface area contributed by atoms with E-state index in [0.717, 1.165) is 19.4 Å². The Labute approximate surface area is 96.3 Å². The molecular weight excluding hydrogens is 207 g/mol. The van der Waals surface area contributed by atoms with Crippen molar-refractivity contribution in [3.63, 3.8) is 0 Å². The first-order valence-electron chi connectivity index (χ1n) is 5.90. The fraction of sp³-hybridized carbons (Fsp3) is 0.833. The van der Waals surface area contributed by atoms with Crippen LogP contribution in [0.4, 0.5) is 0 Å². The smallest absolute Gasteiger partial charge is 0.0888 e. The zero-order valence-corrected chi connectivity index (χ0v) is 11.5. The molecule has 0 aliphatic heterocycles. The van der Waals surface area contributed by atoms with Crippen LogP contribution >= 0.6 is 8.81 Å². The highest BCUT2D eigenvalue weighted by Gasteiger charge is 2.25. The molecule has 0 aromatic heterocycles. The van der Waals surface area contributed by atoms with Crippen molar-refractivity contribution < 1.29 is 9.26 Å². The molecule has 15 heavy (non-hydrogen) atoms. The van der Waals surface area contributed by atoms with Crippen molar-refractivity contribution in [3.05, 3.63) is 12.2 Å². The van der Waals surface area contributed by atoms with E-state index < -0.39 is 0 Å². The van der Waals surface area contributed by atoms with Crippen LogP contribution in [0.25, 0.3) is 0 Å². The standard InChI is InChI=1S/C10H19O2P.C2H6/c1-4-12-13-7-11-10-6-5-8(2)9(10)3;1-2/h8,10,13H,3-7H2,1-2H3;1-2H3. The molecule has 1 rings (SSSR count). The summed E-state index contributed by atoms with van der Waals surface area (Å²) >= 11 is 0. The third-order valence-electron chi connectivity index (χ3n) is 2.50. The van der Waals surface area contributed by atoms with Gasteiger partial charge in [-0.05, 0) is 31.3 Å². The summed E-state index contributed by atoms with van der Waals surface area (Å²) in [7, 11) is 0.477. The predicted molar refractivity (Wildman–Crippen MR) is 68.6 cm³/mol. The van der Waals surface area contributed by atoms with Crippen LogP contribution in [0.1, 0.15) is 40.5 Å². The van der Waals surface area contributed by atoms with E-state index in [-0.39, 0.29) is 0 Å². The molecule has 3 heteroatoms. The first-order chi connectivity index (χ1) is 7.25. The summed E-state index contributed by atoms with van der Waals surface area (Å²) < 4.78 is 10.9. The average Bonchev–Trinajstić information content (AvgIpc) is 2.59. The molecule has 0 radical (unpaired) electrons. The molecule has 0 aromatic rings. The van der Waals surface area contributed by atoms with Gasteiger partial charge >= 0.3 is 0 Å². The normalized spacial score (nSPS) is 25.7. The SMILES string of the molecule is C=C1C(C)CCC1OCPOCC.CC. The van der Waals surface area contributed by atoms with E-state index >= 15 is 0 Å². The van der Waals surface area contributed by atoms with Gasteiger partial charge in [0, 0.05) is 15.4 Å². The lowest BCUT2D eigenvalue weighted by atomic mass is 10.1. The minimum atomic E-state index is 0.294. The van der Waals surface area contributed by atoms with Gasteiger partial charge in [0.2, 0.25) is 0 Å². The minimum Gasteiger partial charge on any atom is -0.367 e. The predicted octanol–water partition coefficient (Wildman–Crippen LogP) is 3.97. The highest BCUT2D eigenvalue weighted by Crippen LogP contribution is 2.32. The zero-order chi connectivity index (χ0) is 11.7. The average molecular weight is 232 g/mol. The maximum Gasteiger partial charge on any atom is 0.0888 e. The maximum absolute atomic E-state index is 5.68. The Balaban J connectivity index is 0.000000921. The summed E-state index contributed by atoms with van der Waals surface area (Å²) in [6.45, 7) is 13.1. The van der Waals surface area contributed by atoms with Crippen molar-refractivity contribution in [2.75, 3.05) is 13.0 Å². The molecule has 1 aliphatic rings. The largest absolute Gasteiger partial charge is 0.367 e. The second-order valence-electron chi connectivity index (χ2n) is 3.43. The highest BCUT2D eigenvalue weighted by molar-refractivity contribution is 7.31. The van der Waals surface area contributed by atoms with Gasteiger partial charge in [-0.3, -0.25) is 0 Å². The van der Waals surface area contributed by atoms with E-state index in [1.165, 1.54) is 12.0 Å². The van der Waals surface area contributed by atoms with E-state index in [0.29, 0.717) is 20.8 Å². The molecule has 0 spiro atoms. The molecule has 1 saturated carbocycles. The fourth-order valence-corrected chi connectivity index (χ4v) is 2.11. The van der Waals surface area contributed by atoms with Gasteiger partial charge in [-0.2, -0.15) is 0 Å². The Morgan fingerprint density at radius 2 is 2.07 bits per heavy atom. The quantitative estimate of drug-likeness (QED) is 0.405. The van der Waals surface area contributed by atoms with Crippen LogP contribution in [-0.2, 0) is 9.26 Å². The second-order valence-corrected chi connectivity index (χ2v) is 4.30. The molecule has 1 aliphatic carbocycles. The van der Waals surface area contributed by atoms with Crippen LogP contribution in [0.2, 0.25) is 0 Å². The van der Waals surface area contributed by atoms with E-state index in [1.54, 1.807) is 0 Å². The first kappa shape index (κ1) is 15.1. The number of ether oxygens (including phenoxy) is 1. The van der Waals surface area contributed by atoms with E-state index in [4.69, 9.17) is 9.26 Å². The molecule has 2 nitrogen and oxygen atoms in total. The Kier molecular flexibility index (Phi) is 9.38. The summed E-state index contributed by atoms with van der Waals surface area (Å²) in [6, 6.07) is 0. The van der Waals surface area contributed by atoms with Gasteiger partial charge < -0.3 is 9.26 Å². The highest BCUT2D eigenvalue weighted by atomic mass is 31.1. The monoisotopic (exact) mass is 232 g/mol. The summed E-state index contributed by atoms with van der Waals surface area (Å²) in [6.07, 6.45) is 3.38. The third-order valence-corrected chi connectivity index (χ3v) is 3.28. The van der Waals surface area contributed by atoms with Gasteiger partial charge in [0.05, 0.1) is 12.5 Å². The van der Waals surface area contributed by atoms with Gasteiger partial charge in [0.1, 0.15) is 0 Å². The lowest BCUT2D eigenvalue weighted by Crippen LogP contribution is -2.10. The van der Waals surface area contributed by atoms with Crippen LogP contribution in [0.5, 0.6) is 0 Å². The summed E-state index contributed by atoms with van der Waals surface area (Å²) in [5.41, 5.74) is 1.27. The lowest BCUT2D eigenvalue weighted by molar-refractivity contribution is 0.116. The summed E-state index contributed by atoms with van der Waals surface area (Å²) in [5, 5.41) is 0. The minimum absolute atomic E-state index is 0.294. The van der Waals surface area contributed by atoms with Gasteiger partial charge in [0.15, 0.2) is 0 Å². The first-order valence-corrected chi connectivity index (χ1v) is 7.02. The molecule has 3 atom stereocenters. The van der Waals surface area contributed by atoms with E-state index in [2.05, 4.69) is 13.5 Å². The lowest BCUT2D eigenvalue weighted by Gasteiger charge is -2.13. The van der Waals surface area contributed by atoms with Crippen molar-refractivity contribution in [1.29, 1.82) is 0 Å². The van der Waals surface area contributed by atoms with Crippen LogP contribution in [-0.4, -0.2) is 19.1 Å². The van der Waals surface area contributed by atoms with Crippen LogP contribution < -0.4 is 0 Å². The molecule has 3 unspecified atom stereocenters. The Hall–Kier alpha value is 0.0900. The molecule has 0 bridgehead atoms. The number of hydrogen-bond acceptors (Lipinski definition) is 2.